The number of nitrogens with zero attached hydrogens (tertiary/aromatic N) is 1. The van der Waals surface area contributed by atoms with Gasteiger partial charge in [0, 0.05) is 19.6 Å². The van der Waals surface area contributed by atoms with E-state index in [2.05, 4.69) is 22.2 Å². The highest BCUT2D eigenvalue weighted by molar-refractivity contribution is 5.92. The predicted octanol–water partition coefficient (Wildman–Crippen LogP) is 0.898. The molecule has 0 fully saturated rings. The lowest BCUT2D eigenvalue weighted by Gasteiger charge is -2.22. The summed E-state index contributed by atoms with van der Waals surface area (Å²) in [5.41, 5.74) is 18.1. The molecule has 1 rings (SSSR count). The summed E-state index contributed by atoms with van der Waals surface area (Å²) < 4.78 is 5.62. The largest absolute Gasteiger partial charge is 0.462 e. The summed E-state index contributed by atoms with van der Waals surface area (Å²) in [5.74, 6) is 0.268. The molecule has 33 heavy (non-hydrogen) atoms. The van der Waals surface area contributed by atoms with E-state index in [1.807, 2.05) is 0 Å². The number of ether oxygens (including phenoxy) is 1. The number of aliphatic hydroxyl groups is 1. The highest BCUT2D eigenvalue weighted by atomic mass is 16.5. The Hall–Kier alpha value is -2.29. The van der Waals surface area contributed by atoms with Crippen LogP contribution in [0.3, 0.4) is 0 Å². The van der Waals surface area contributed by atoms with Gasteiger partial charge in [0.15, 0.2) is 5.96 Å². The number of guanidine groups is 2. The van der Waals surface area contributed by atoms with Gasteiger partial charge >= 0.3 is 11.9 Å². The monoisotopic (exact) mass is 467 g/mol. The van der Waals surface area contributed by atoms with E-state index in [-0.39, 0.29) is 24.6 Å². The quantitative estimate of drug-likeness (QED) is 0.0711. The molecule has 0 aromatic heterocycles. The first-order valence-corrected chi connectivity index (χ1v) is 12.7. The summed E-state index contributed by atoms with van der Waals surface area (Å²) in [6, 6.07) is -0.164. The first kappa shape index (κ1) is 28.7. The van der Waals surface area contributed by atoms with Gasteiger partial charge in [-0.3, -0.25) is 15.7 Å². The highest BCUT2D eigenvalue weighted by Gasteiger charge is 2.32. The fourth-order valence-electron chi connectivity index (χ4n) is 3.99. The fraction of sp³-hybridized carbons (Fsp3) is 0.792. The Kier molecular flexibility index (Phi) is 15.8. The number of hydrogen-bond acceptors (Lipinski definition) is 6. The van der Waals surface area contributed by atoms with Crippen LogP contribution < -0.4 is 27.5 Å². The summed E-state index contributed by atoms with van der Waals surface area (Å²) in [6.45, 7) is 3.28. The lowest BCUT2D eigenvalue weighted by atomic mass is 9.95. The maximum absolute atomic E-state index is 13.0. The number of esters is 1. The Morgan fingerprint density at radius 2 is 1.70 bits per heavy atom. The topological polar surface area (TPSA) is 163 Å². The van der Waals surface area contributed by atoms with Crippen molar-refractivity contribution in [2.24, 2.45) is 22.2 Å². The molecule has 0 aromatic carbocycles. The maximum Gasteiger partial charge on any atom is 0.346 e. The molecule has 0 spiro atoms. The van der Waals surface area contributed by atoms with E-state index in [4.69, 9.17) is 21.9 Å². The molecule has 0 bridgehead atoms. The van der Waals surface area contributed by atoms with Crippen molar-refractivity contribution < 1.29 is 19.6 Å². The average Bonchev–Trinajstić information content (AvgIpc) is 2.78. The number of allylic oxidation sites excluding steroid dienone is 1. The number of hydrogen-bond donors (Lipinski definition) is 6. The first-order valence-electron chi connectivity index (χ1n) is 12.7. The van der Waals surface area contributed by atoms with E-state index in [0.29, 0.717) is 37.5 Å². The summed E-state index contributed by atoms with van der Waals surface area (Å²) >= 11 is 0. The molecule has 0 amide bonds. The molecule has 0 saturated heterocycles. The summed E-state index contributed by atoms with van der Waals surface area (Å²) in [6.07, 6.45) is 14.1. The Bertz CT molecular complexity index is 644. The minimum atomic E-state index is -0.302. The Labute approximate surface area is 199 Å². The van der Waals surface area contributed by atoms with Gasteiger partial charge in [0.1, 0.15) is 11.6 Å². The zero-order valence-electron chi connectivity index (χ0n) is 20.5. The molecule has 1 atom stereocenters. The fourth-order valence-corrected chi connectivity index (χ4v) is 3.99. The normalized spacial score (nSPS) is 15.7. The Morgan fingerprint density at radius 1 is 1.03 bits per heavy atom. The number of carbonyl (C=O) groups excluding carboxylic acids is 1. The molecule has 1 heterocycles. The van der Waals surface area contributed by atoms with Crippen molar-refractivity contribution in [3.05, 3.63) is 11.3 Å². The molecule has 9 nitrogen and oxygen atoms in total. The average molecular weight is 468 g/mol. The van der Waals surface area contributed by atoms with Crippen molar-refractivity contribution in [3.63, 3.8) is 0 Å². The van der Waals surface area contributed by atoms with Crippen LogP contribution >= 0.6 is 0 Å². The van der Waals surface area contributed by atoms with Crippen LogP contribution in [0.1, 0.15) is 96.8 Å². The number of unbranched alkanes of at least 4 members (excludes halogenated alkanes) is 9. The van der Waals surface area contributed by atoms with Gasteiger partial charge in [0.2, 0.25) is 0 Å². The van der Waals surface area contributed by atoms with Gasteiger partial charge in [-0.05, 0) is 38.5 Å². The third kappa shape index (κ3) is 13.1. The highest BCUT2D eigenvalue weighted by Crippen LogP contribution is 2.19. The molecular weight excluding hydrogens is 420 g/mol. The van der Waals surface area contributed by atoms with Crippen molar-refractivity contribution in [3.8, 4) is 0 Å². The number of nitrogens with one attached hydrogen (secondary N) is 2. The van der Waals surface area contributed by atoms with E-state index in [1.54, 1.807) is 0 Å². The molecule has 1 aliphatic rings. The van der Waals surface area contributed by atoms with E-state index in [0.717, 1.165) is 50.6 Å². The lowest BCUT2D eigenvalue weighted by Crippen LogP contribution is -2.87. The van der Waals surface area contributed by atoms with Crippen LogP contribution in [0.5, 0.6) is 0 Å². The smallest absolute Gasteiger partial charge is 0.346 e. The van der Waals surface area contributed by atoms with Gasteiger partial charge in [0.05, 0.1) is 12.3 Å². The third-order valence-corrected chi connectivity index (χ3v) is 5.77. The van der Waals surface area contributed by atoms with Gasteiger partial charge < -0.3 is 21.3 Å². The number of aliphatic imine (C=N–C) groups is 1. The minimum absolute atomic E-state index is 0.0586. The van der Waals surface area contributed by atoms with Crippen molar-refractivity contribution in [2.45, 2.75) is 103 Å². The van der Waals surface area contributed by atoms with Gasteiger partial charge in [-0.25, -0.2) is 10.1 Å². The molecule has 0 saturated carbocycles. The van der Waals surface area contributed by atoms with Gasteiger partial charge in [-0.1, -0.05) is 51.9 Å². The number of aliphatic hydroxyl groups excluding tert-OH is 1. The second kappa shape index (κ2) is 18.2. The van der Waals surface area contributed by atoms with Crippen molar-refractivity contribution in [1.29, 1.82) is 0 Å². The van der Waals surface area contributed by atoms with Crippen LogP contribution in [0.4, 0.5) is 0 Å². The molecule has 9 N–H and O–H groups in total. The van der Waals surface area contributed by atoms with Gasteiger partial charge in [-0.2, -0.15) is 0 Å². The van der Waals surface area contributed by atoms with Crippen LogP contribution in [0.2, 0.25) is 0 Å². The third-order valence-electron chi connectivity index (χ3n) is 5.77. The molecule has 0 aliphatic carbocycles. The second-order valence-electron chi connectivity index (χ2n) is 8.72. The molecule has 0 unspecified atom stereocenters. The van der Waals surface area contributed by atoms with Crippen LogP contribution in [-0.4, -0.2) is 48.8 Å². The first-order chi connectivity index (χ1) is 16.0. The van der Waals surface area contributed by atoms with Crippen molar-refractivity contribution >= 4 is 17.9 Å². The van der Waals surface area contributed by atoms with Crippen LogP contribution in [0.15, 0.2) is 16.3 Å². The lowest BCUT2D eigenvalue weighted by molar-refractivity contribution is -0.497. The maximum atomic E-state index is 13.0. The zero-order chi connectivity index (χ0) is 24.3. The Balaban J connectivity index is 2.56. The van der Waals surface area contributed by atoms with E-state index in [1.165, 1.54) is 32.1 Å². The molecule has 190 valence electrons. The summed E-state index contributed by atoms with van der Waals surface area (Å²) in [5, 5.41) is 12.4. The number of nitrogens with two attached hydrogens (primary N) is 3. The van der Waals surface area contributed by atoms with Crippen LogP contribution in [0.25, 0.3) is 0 Å². The van der Waals surface area contributed by atoms with E-state index >= 15 is 0 Å². The molecule has 1 aliphatic heterocycles. The Morgan fingerprint density at radius 3 is 2.39 bits per heavy atom. The van der Waals surface area contributed by atoms with Gasteiger partial charge in [0.25, 0.3) is 0 Å². The standard InChI is InChI=1S/C24H46N6O3/c1-2-3-4-5-6-7-10-14-19-21(20(15-13-17-31)30-24(27)29-19)22(32)33-18-12-9-8-11-16-28-23(25)26/h19,31H,2-18H2,1H3,(H4,25,26,28)(H3,27,29,30)/p+1/t19-/m0/s1. The SMILES string of the molecule is CCCCCCCCC[C@@H]1[NH+]=C(N)NC(CCCO)=C1C(=O)OCCCCCCN=C(N)N. The predicted molar refractivity (Wildman–Crippen MR) is 133 cm³/mol. The second-order valence-corrected chi connectivity index (χ2v) is 8.72. The van der Waals surface area contributed by atoms with Crippen molar-refractivity contribution in [1.82, 2.24) is 5.32 Å². The van der Waals surface area contributed by atoms with E-state index in [9.17, 15) is 9.90 Å². The molecular formula is C24H47N6O3+. The minimum Gasteiger partial charge on any atom is -0.462 e. The van der Waals surface area contributed by atoms with Crippen LogP contribution in [-0.2, 0) is 9.53 Å². The van der Waals surface area contributed by atoms with Crippen molar-refractivity contribution in [2.75, 3.05) is 19.8 Å². The zero-order valence-corrected chi connectivity index (χ0v) is 20.5. The number of rotatable bonds is 19. The van der Waals surface area contributed by atoms with E-state index < -0.39 is 0 Å². The number of carbonyl (C=O) groups is 1. The molecule has 0 radical (unpaired) electrons. The summed E-state index contributed by atoms with van der Waals surface area (Å²) in [4.78, 5) is 20.2. The van der Waals surface area contributed by atoms with Gasteiger partial charge in [-0.15, -0.1) is 0 Å². The molecule has 9 heteroatoms. The van der Waals surface area contributed by atoms with Crippen LogP contribution in [0, 0.1) is 0 Å². The molecule has 0 aromatic rings. The summed E-state index contributed by atoms with van der Waals surface area (Å²) in [7, 11) is 0.